The zero-order chi connectivity index (χ0) is 24.1. The van der Waals surface area contributed by atoms with E-state index < -0.39 is 17.8 Å². The van der Waals surface area contributed by atoms with Crippen molar-refractivity contribution < 1.29 is 19.1 Å². The van der Waals surface area contributed by atoms with Gasteiger partial charge in [-0.15, -0.1) is 0 Å². The minimum absolute atomic E-state index is 0.0114. The summed E-state index contributed by atoms with van der Waals surface area (Å²) in [5.41, 5.74) is 4.11. The molecule has 0 aliphatic heterocycles. The largest absolute Gasteiger partial charge is 0.449 e. The fourth-order valence-corrected chi connectivity index (χ4v) is 4.35. The molecule has 1 aliphatic carbocycles. The number of fused-ring (bicyclic) bond motifs is 3. The summed E-state index contributed by atoms with van der Waals surface area (Å²) in [7, 11) is 0. The first-order valence-corrected chi connectivity index (χ1v) is 11.7. The second-order valence-electron chi connectivity index (χ2n) is 8.64. The topological polar surface area (TPSA) is 89.5 Å². The van der Waals surface area contributed by atoms with Crippen molar-refractivity contribution in [1.82, 2.24) is 10.3 Å². The molecule has 2 amide bonds. The van der Waals surface area contributed by atoms with E-state index in [1.165, 1.54) is 22.5 Å². The number of nitrogens with zero attached hydrogens (tertiary/aromatic N) is 1. The van der Waals surface area contributed by atoms with Crippen LogP contribution in [0.5, 0.6) is 0 Å². The number of rotatable bonds is 4. The van der Waals surface area contributed by atoms with Gasteiger partial charge in [-0.3, -0.25) is 5.32 Å². The Morgan fingerprint density at radius 3 is 2.32 bits per heavy atom. The molecular formula is C26H25N3O4S. The average Bonchev–Trinajstić information content (AvgIpc) is 3.36. The number of carbonyl (C=O) groups excluding carboxylic acids is 2. The summed E-state index contributed by atoms with van der Waals surface area (Å²) in [6, 6.07) is 16.4. The Morgan fingerprint density at radius 1 is 1.03 bits per heavy atom. The molecule has 1 aliphatic rings. The molecule has 2 aromatic carbocycles. The highest BCUT2D eigenvalue weighted by Crippen LogP contribution is 2.44. The molecule has 1 aromatic heterocycles. The van der Waals surface area contributed by atoms with E-state index in [0.29, 0.717) is 10.0 Å². The second kappa shape index (κ2) is 9.98. The van der Waals surface area contributed by atoms with Crippen LogP contribution in [0.4, 0.5) is 14.7 Å². The van der Waals surface area contributed by atoms with Crippen LogP contribution in [0.3, 0.4) is 0 Å². The van der Waals surface area contributed by atoms with Gasteiger partial charge in [0.05, 0.1) is 17.6 Å². The van der Waals surface area contributed by atoms with Crippen molar-refractivity contribution >= 4 is 28.7 Å². The molecule has 8 heteroatoms. The van der Waals surface area contributed by atoms with Crippen LogP contribution in [0.25, 0.3) is 11.1 Å². The van der Waals surface area contributed by atoms with Gasteiger partial charge in [0, 0.05) is 5.92 Å². The third-order valence-electron chi connectivity index (χ3n) is 4.99. The monoisotopic (exact) mass is 475 g/mol. The van der Waals surface area contributed by atoms with Crippen LogP contribution >= 0.6 is 11.3 Å². The minimum atomic E-state index is -0.589. The van der Waals surface area contributed by atoms with Crippen LogP contribution in [0, 0.1) is 11.8 Å². The van der Waals surface area contributed by atoms with Crippen molar-refractivity contribution in [2.24, 2.45) is 0 Å². The Morgan fingerprint density at radius 2 is 1.68 bits per heavy atom. The number of ether oxygens (including phenoxy) is 2. The summed E-state index contributed by atoms with van der Waals surface area (Å²) in [6.45, 7) is 5.74. The molecule has 0 unspecified atom stereocenters. The van der Waals surface area contributed by atoms with Gasteiger partial charge in [-0.25, -0.2) is 14.6 Å². The zero-order valence-electron chi connectivity index (χ0n) is 19.2. The van der Waals surface area contributed by atoms with Crippen LogP contribution in [-0.4, -0.2) is 35.9 Å². The highest BCUT2D eigenvalue weighted by Gasteiger charge is 2.28. The first-order chi connectivity index (χ1) is 16.3. The number of alkyl carbamates (subject to hydrolysis) is 1. The molecule has 0 spiro atoms. The normalized spacial score (nSPS) is 12.1. The molecule has 2 N–H and O–H groups in total. The van der Waals surface area contributed by atoms with Crippen LogP contribution in [0.15, 0.2) is 54.7 Å². The molecule has 0 saturated heterocycles. The van der Waals surface area contributed by atoms with Gasteiger partial charge in [0.25, 0.3) is 0 Å². The molecule has 0 radical (unpaired) electrons. The van der Waals surface area contributed by atoms with Gasteiger partial charge >= 0.3 is 12.2 Å². The van der Waals surface area contributed by atoms with Crippen molar-refractivity contribution in [3.05, 3.63) is 70.7 Å². The molecule has 34 heavy (non-hydrogen) atoms. The average molecular weight is 476 g/mol. The quantitative estimate of drug-likeness (QED) is 0.495. The van der Waals surface area contributed by atoms with E-state index in [1.807, 2.05) is 24.3 Å². The molecule has 0 saturated carbocycles. The van der Waals surface area contributed by atoms with E-state index in [2.05, 4.69) is 51.7 Å². The summed E-state index contributed by atoms with van der Waals surface area (Å²) in [5, 5.41) is 5.61. The molecule has 0 atom stereocenters. The van der Waals surface area contributed by atoms with E-state index in [0.717, 1.165) is 11.1 Å². The zero-order valence-corrected chi connectivity index (χ0v) is 20.0. The van der Waals surface area contributed by atoms with E-state index in [9.17, 15) is 9.59 Å². The number of anilines is 1. The fourth-order valence-electron chi connectivity index (χ4n) is 3.68. The summed E-state index contributed by atoms with van der Waals surface area (Å²) in [5.74, 6) is 5.78. The Balaban J connectivity index is 1.26. The number of thiazole rings is 1. The van der Waals surface area contributed by atoms with Crippen LogP contribution < -0.4 is 10.6 Å². The van der Waals surface area contributed by atoms with Gasteiger partial charge < -0.3 is 14.8 Å². The molecule has 7 nitrogen and oxygen atoms in total. The van der Waals surface area contributed by atoms with Gasteiger partial charge in [0.2, 0.25) is 0 Å². The fraction of sp³-hybridized carbons (Fsp3) is 0.269. The number of amides is 2. The minimum Gasteiger partial charge on any atom is -0.449 e. The number of benzene rings is 2. The van der Waals surface area contributed by atoms with Gasteiger partial charge in [0.1, 0.15) is 12.2 Å². The smallest absolute Gasteiger partial charge is 0.413 e. The molecule has 1 heterocycles. The highest BCUT2D eigenvalue weighted by atomic mass is 32.1. The first-order valence-electron chi connectivity index (χ1n) is 10.8. The van der Waals surface area contributed by atoms with Crippen molar-refractivity contribution in [2.45, 2.75) is 32.3 Å². The lowest BCUT2D eigenvalue weighted by Crippen LogP contribution is -2.27. The second-order valence-corrected chi connectivity index (χ2v) is 9.67. The molecule has 3 aromatic rings. The van der Waals surface area contributed by atoms with Crippen molar-refractivity contribution in [3.63, 3.8) is 0 Å². The lowest BCUT2D eigenvalue weighted by molar-refractivity contribution is 0.0636. The lowest BCUT2D eigenvalue weighted by Gasteiger charge is -2.18. The molecule has 4 rings (SSSR count). The predicted octanol–water partition coefficient (Wildman–Crippen LogP) is 5.38. The van der Waals surface area contributed by atoms with Crippen molar-refractivity contribution in [3.8, 4) is 23.0 Å². The third-order valence-corrected chi connectivity index (χ3v) is 5.82. The van der Waals surface area contributed by atoms with Gasteiger partial charge in [-0.2, -0.15) is 0 Å². The molecular weight excluding hydrogens is 450 g/mol. The summed E-state index contributed by atoms with van der Waals surface area (Å²) in [4.78, 5) is 28.8. The Labute approximate surface area is 202 Å². The maximum absolute atomic E-state index is 12.2. The maximum Gasteiger partial charge on any atom is 0.413 e. The van der Waals surface area contributed by atoms with E-state index in [1.54, 1.807) is 27.0 Å². The van der Waals surface area contributed by atoms with Crippen molar-refractivity contribution in [2.75, 3.05) is 18.5 Å². The Bertz CT molecular complexity index is 1220. The third kappa shape index (κ3) is 5.74. The molecule has 0 bridgehead atoms. The molecule has 0 fully saturated rings. The number of carbonyl (C=O) groups is 2. The SMILES string of the molecule is CC(C)(C)OC(=O)Nc1ncc(C#CCNC(=O)OCC2c3ccccc3-c3ccccc32)s1. The van der Waals surface area contributed by atoms with E-state index in [4.69, 9.17) is 9.47 Å². The first kappa shape index (κ1) is 23.3. The number of hydrogen-bond donors (Lipinski definition) is 2. The maximum atomic E-state index is 12.2. The van der Waals surface area contributed by atoms with Crippen LogP contribution in [0.1, 0.15) is 42.7 Å². The summed E-state index contributed by atoms with van der Waals surface area (Å²) < 4.78 is 10.7. The Kier molecular flexibility index (Phi) is 6.85. The van der Waals surface area contributed by atoms with Crippen LogP contribution in [0.2, 0.25) is 0 Å². The van der Waals surface area contributed by atoms with Gasteiger partial charge in [-0.1, -0.05) is 71.7 Å². The summed E-state index contributed by atoms with van der Waals surface area (Å²) in [6.07, 6.45) is 0.462. The predicted molar refractivity (Wildman–Crippen MR) is 132 cm³/mol. The number of aromatic nitrogens is 1. The van der Waals surface area contributed by atoms with E-state index in [-0.39, 0.29) is 19.1 Å². The van der Waals surface area contributed by atoms with E-state index >= 15 is 0 Å². The number of nitrogens with one attached hydrogen (secondary N) is 2. The van der Waals surface area contributed by atoms with Gasteiger partial charge in [-0.05, 0) is 43.0 Å². The van der Waals surface area contributed by atoms with Crippen LogP contribution in [-0.2, 0) is 9.47 Å². The lowest BCUT2D eigenvalue weighted by atomic mass is 9.98. The standard InChI is InChI=1S/C26H25N3O4S/c1-26(2,3)33-25(31)29-23-28-15-17(34-23)9-8-14-27-24(30)32-16-22-20-12-6-4-10-18(20)19-11-5-7-13-21(19)22/h4-7,10-13,15,22H,14,16H2,1-3H3,(H,27,30)(H,28,29,31). The Hall–Kier alpha value is -3.83. The molecule has 174 valence electrons. The van der Waals surface area contributed by atoms with Crippen molar-refractivity contribution in [1.29, 1.82) is 0 Å². The highest BCUT2D eigenvalue weighted by molar-refractivity contribution is 7.16. The summed E-state index contributed by atoms with van der Waals surface area (Å²) >= 11 is 1.22. The van der Waals surface area contributed by atoms with Gasteiger partial charge in [0.15, 0.2) is 5.13 Å². The number of hydrogen-bond acceptors (Lipinski definition) is 6.